The third-order valence-electron chi connectivity index (χ3n) is 4.92. The molecular formula is C22H27F3N8O3S. The largest absolute Gasteiger partial charge is 0.476 e. The Morgan fingerprint density at radius 2 is 1.97 bits per heavy atom. The van der Waals surface area contributed by atoms with Gasteiger partial charge in [0.15, 0.2) is 5.69 Å². The van der Waals surface area contributed by atoms with Crippen molar-refractivity contribution in [2.45, 2.75) is 19.3 Å². The van der Waals surface area contributed by atoms with Crippen LogP contribution in [0.4, 0.5) is 23.8 Å². The van der Waals surface area contributed by atoms with Crippen LogP contribution in [0.3, 0.4) is 0 Å². The lowest BCUT2D eigenvalue weighted by Crippen LogP contribution is -2.28. The van der Waals surface area contributed by atoms with Crippen LogP contribution in [-0.2, 0) is 6.18 Å². The number of amides is 2. The quantitative estimate of drug-likeness (QED) is 0.149. The van der Waals surface area contributed by atoms with Gasteiger partial charge in [0.2, 0.25) is 5.88 Å². The van der Waals surface area contributed by atoms with Crippen LogP contribution in [-0.4, -0.2) is 64.8 Å². The lowest BCUT2D eigenvalue weighted by atomic mass is 10.0. The molecule has 0 spiro atoms. The summed E-state index contributed by atoms with van der Waals surface area (Å²) in [7, 11) is 3.74. The number of hydrogen-bond donors (Lipinski definition) is 5. The van der Waals surface area contributed by atoms with E-state index in [1.807, 2.05) is 19.0 Å². The molecule has 11 nitrogen and oxygen atoms in total. The van der Waals surface area contributed by atoms with Gasteiger partial charge in [-0.05, 0) is 33.2 Å². The van der Waals surface area contributed by atoms with Gasteiger partial charge in [-0.15, -0.1) is 11.3 Å². The van der Waals surface area contributed by atoms with E-state index >= 15 is 0 Å². The standard InChI is InChI=1S/C22H27F3N8O3S/c1-4-27-21(35)31-17-8-14(20-30-16(11-37-20)22(23,24)25)15(10-28-17)13-7-12(18(34)32-26)9-29-19(13)36-6-5-33(2)3/h7-11,18,32,34H,4-6,26H2,1-3H3,(H2,27,28,31,35). The van der Waals surface area contributed by atoms with Crippen LogP contribution in [0.2, 0.25) is 0 Å². The highest BCUT2D eigenvalue weighted by molar-refractivity contribution is 7.13. The first-order valence-corrected chi connectivity index (χ1v) is 11.9. The summed E-state index contributed by atoms with van der Waals surface area (Å²) in [6.45, 7) is 2.93. The average molecular weight is 541 g/mol. The van der Waals surface area contributed by atoms with E-state index in [4.69, 9.17) is 10.6 Å². The van der Waals surface area contributed by atoms with Crippen LogP contribution >= 0.6 is 11.3 Å². The molecule has 0 saturated carbocycles. The molecule has 0 aromatic carbocycles. The van der Waals surface area contributed by atoms with Crippen LogP contribution in [0.5, 0.6) is 5.88 Å². The summed E-state index contributed by atoms with van der Waals surface area (Å²) in [6, 6.07) is 2.42. The number of halogens is 3. The number of nitrogens with zero attached hydrogens (tertiary/aromatic N) is 4. The molecule has 2 amide bonds. The number of aromatic nitrogens is 3. The maximum Gasteiger partial charge on any atom is 0.434 e. The fraction of sp³-hybridized carbons (Fsp3) is 0.364. The van der Waals surface area contributed by atoms with Crippen LogP contribution in [0.1, 0.15) is 24.4 Å². The van der Waals surface area contributed by atoms with Gasteiger partial charge in [-0.25, -0.2) is 25.2 Å². The molecule has 0 aliphatic heterocycles. The van der Waals surface area contributed by atoms with Crippen molar-refractivity contribution in [1.29, 1.82) is 0 Å². The molecule has 1 atom stereocenters. The number of carbonyl (C=O) groups excluding carboxylic acids is 1. The molecule has 15 heteroatoms. The van der Waals surface area contributed by atoms with Crippen molar-refractivity contribution in [1.82, 2.24) is 30.6 Å². The van der Waals surface area contributed by atoms with Crippen molar-refractivity contribution in [3.8, 4) is 27.6 Å². The van der Waals surface area contributed by atoms with Crippen molar-refractivity contribution in [3.05, 3.63) is 41.2 Å². The highest BCUT2D eigenvalue weighted by atomic mass is 32.1. The Labute approximate surface area is 214 Å². The molecule has 1 unspecified atom stereocenters. The molecule has 6 N–H and O–H groups in total. The Kier molecular flexibility index (Phi) is 9.34. The van der Waals surface area contributed by atoms with E-state index in [1.165, 1.54) is 24.5 Å². The number of nitrogens with one attached hydrogen (secondary N) is 3. The second kappa shape index (κ2) is 12.2. The summed E-state index contributed by atoms with van der Waals surface area (Å²) < 4.78 is 45.8. The fourth-order valence-corrected chi connectivity index (χ4v) is 3.97. The van der Waals surface area contributed by atoms with Gasteiger partial charge in [0.05, 0.1) is 0 Å². The summed E-state index contributed by atoms with van der Waals surface area (Å²) in [4.78, 5) is 26.2. The second-order valence-electron chi connectivity index (χ2n) is 7.98. The summed E-state index contributed by atoms with van der Waals surface area (Å²) >= 11 is 0.782. The Morgan fingerprint density at radius 1 is 1.22 bits per heavy atom. The van der Waals surface area contributed by atoms with Gasteiger partial charge in [-0.3, -0.25) is 11.2 Å². The Bertz CT molecular complexity index is 1220. The number of anilines is 1. The van der Waals surface area contributed by atoms with Crippen LogP contribution in [0.25, 0.3) is 21.7 Å². The van der Waals surface area contributed by atoms with Gasteiger partial charge in [0, 0.05) is 53.1 Å². The Balaban J connectivity index is 2.17. The van der Waals surface area contributed by atoms with E-state index in [0.717, 1.165) is 16.7 Å². The predicted octanol–water partition coefficient (Wildman–Crippen LogP) is 2.82. The molecule has 0 radical (unpaired) electrons. The number of aliphatic hydroxyl groups excluding tert-OH is 1. The van der Waals surface area contributed by atoms with E-state index < -0.39 is 24.1 Å². The number of aliphatic hydroxyl groups is 1. The zero-order valence-corrected chi connectivity index (χ0v) is 21.1. The molecule has 0 aliphatic rings. The van der Waals surface area contributed by atoms with Crippen molar-refractivity contribution in [2.24, 2.45) is 5.84 Å². The molecular weight excluding hydrogens is 513 g/mol. The first-order valence-electron chi connectivity index (χ1n) is 11.0. The smallest absolute Gasteiger partial charge is 0.434 e. The number of urea groups is 1. The van der Waals surface area contributed by atoms with E-state index in [1.54, 1.807) is 6.92 Å². The van der Waals surface area contributed by atoms with Crippen LogP contribution in [0, 0.1) is 0 Å². The number of thiazole rings is 1. The number of hydrazine groups is 1. The topological polar surface area (TPSA) is 151 Å². The second-order valence-corrected chi connectivity index (χ2v) is 8.84. The number of pyridine rings is 2. The molecule has 0 aliphatic carbocycles. The number of alkyl halides is 3. The highest BCUT2D eigenvalue weighted by Gasteiger charge is 2.34. The molecule has 0 saturated heterocycles. The lowest BCUT2D eigenvalue weighted by molar-refractivity contribution is -0.140. The fourth-order valence-electron chi connectivity index (χ4n) is 3.11. The number of carbonyl (C=O) groups is 1. The van der Waals surface area contributed by atoms with Gasteiger partial charge in [0.25, 0.3) is 0 Å². The minimum atomic E-state index is -4.64. The van der Waals surface area contributed by atoms with Crippen LogP contribution < -0.4 is 26.6 Å². The maximum absolute atomic E-state index is 13.3. The Hall–Kier alpha value is -3.37. The number of ether oxygens (including phenoxy) is 1. The van der Waals surface area contributed by atoms with Gasteiger partial charge in [-0.1, -0.05) is 0 Å². The number of nitrogens with two attached hydrogens (primary N) is 1. The van der Waals surface area contributed by atoms with Gasteiger partial charge < -0.3 is 20.1 Å². The molecule has 0 fully saturated rings. The first-order chi connectivity index (χ1) is 17.5. The minimum Gasteiger partial charge on any atom is -0.476 e. The highest BCUT2D eigenvalue weighted by Crippen LogP contribution is 2.41. The maximum atomic E-state index is 13.3. The number of rotatable bonds is 10. The molecule has 37 heavy (non-hydrogen) atoms. The first kappa shape index (κ1) is 28.2. The normalized spacial score (nSPS) is 12.5. The van der Waals surface area contributed by atoms with E-state index in [9.17, 15) is 23.1 Å². The van der Waals surface area contributed by atoms with E-state index in [2.05, 4.69) is 31.0 Å². The van der Waals surface area contributed by atoms with Gasteiger partial charge >= 0.3 is 12.2 Å². The zero-order chi connectivity index (χ0) is 27.2. The summed E-state index contributed by atoms with van der Waals surface area (Å²) in [6.07, 6.45) is -3.17. The van der Waals surface area contributed by atoms with E-state index in [0.29, 0.717) is 24.2 Å². The SMILES string of the molecule is CCNC(=O)Nc1cc(-c2nc(C(F)(F)F)cs2)c(-c2cc(C(O)NN)cnc2OCCN(C)C)cn1. The average Bonchev–Trinajstić information content (AvgIpc) is 3.35. The van der Waals surface area contributed by atoms with Crippen molar-refractivity contribution >= 4 is 23.2 Å². The molecule has 0 bridgehead atoms. The summed E-state index contributed by atoms with van der Waals surface area (Å²) in [5.41, 5.74) is 2.34. The zero-order valence-electron chi connectivity index (χ0n) is 20.3. The monoisotopic (exact) mass is 540 g/mol. The van der Waals surface area contributed by atoms with Gasteiger partial charge in [0.1, 0.15) is 23.7 Å². The molecule has 3 heterocycles. The van der Waals surface area contributed by atoms with E-state index in [-0.39, 0.29) is 34.4 Å². The Morgan fingerprint density at radius 3 is 2.59 bits per heavy atom. The third kappa shape index (κ3) is 7.33. The van der Waals surface area contributed by atoms with Gasteiger partial charge in [-0.2, -0.15) is 13.2 Å². The van der Waals surface area contributed by atoms with Crippen molar-refractivity contribution in [3.63, 3.8) is 0 Å². The molecule has 3 rings (SSSR count). The molecule has 3 aromatic rings. The minimum absolute atomic E-state index is 0.0332. The summed E-state index contributed by atoms with van der Waals surface area (Å²) in [5, 5.41) is 16.2. The predicted molar refractivity (Wildman–Crippen MR) is 133 cm³/mol. The molecule has 200 valence electrons. The lowest BCUT2D eigenvalue weighted by Gasteiger charge is -2.18. The van der Waals surface area contributed by atoms with Crippen molar-refractivity contribution < 1.29 is 27.8 Å². The third-order valence-corrected chi connectivity index (χ3v) is 5.80. The number of likely N-dealkylation sites (N-methyl/N-ethyl adjacent to an activating group) is 1. The molecule has 3 aromatic heterocycles. The van der Waals surface area contributed by atoms with Crippen LogP contribution in [0.15, 0.2) is 29.9 Å². The number of hydrogen-bond acceptors (Lipinski definition) is 10. The van der Waals surface area contributed by atoms with Crippen molar-refractivity contribution in [2.75, 3.05) is 39.1 Å². The summed E-state index contributed by atoms with van der Waals surface area (Å²) in [5.74, 6) is 5.62.